The third kappa shape index (κ3) is 3.11. The van der Waals surface area contributed by atoms with E-state index in [1.807, 2.05) is 0 Å². The average Bonchev–Trinajstić information content (AvgIpc) is 2.38. The summed E-state index contributed by atoms with van der Waals surface area (Å²) in [7, 11) is 0. The first kappa shape index (κ1) is 14.0. The summed E-state index contributed by atoms with van der Waals surface area (Å²) in [5, 5.41) is 0. The van der Waals surface area contributed by atoms with Crippen LogP contribution in [0.15, 0.2) is 36.5 Å². The molecule has 7 heteroatoms. The second-order valence-electron chi connectivity index (χ2n) is 3.76. The molecule has 0 spiro atoms. The van der Waals surface area contributed by atoms with Gasteiger partial charge in [0, 0.05) is 17.3 Å². The number of ether oxygens (including phenoxy) is 1. The van der Waals surface area contributed by atoms with Crippen molar-refractivity contribution in [1.29, 1.82) is 0 Å². The number of aromatic nitrogens is 1. The molecule has 20 heavy (non-hydrogen) atoms. The molecule has 0 aliphatic carbocycles. The molecular weight excluding hydrogens is 278 g/mol. The first-order chi connectivity index (χ1) is 9.40. The second-order valence-corrected chi connectivity index (χ2v) is 3.76. The van der Waals surface area contributed by atoms with E-state index in [0.717, 1.165) is 18.3 Å². The number of aldehydes is 1. The van der Waals surface area contributed by atoms with Crippen molar-refractivity contribution in [3.05, 3.63) is 48.0 Å². The summed E-state index contributed by atoms with van der Waals surface area (Å²) in [4.78, 5) is 14.2. The van der Waals surface area contributed by atoms with E-state index < -0.39 is 18.1 Å². The molecule has 3 nitrogen and oxygen atoms in total. The minimum absolute atomic E-state index is 0.0574. The zero-order valence-corrected chi connectivity index (χ0v) is 9.82. The number of pyridine rings is 1. The van der Waals surface area contributed by atoms with E-state index in [9.17, 15) is 22.4 Å². The molecule has 1 heterocycles. The van der Waals surface area contributed by atoms with Crippen LogP contribution < -0.4 is 4.74 Å². The van der Waals surface area contributed by atoms with Crippen molar-refractivity contribution in [2.75, 3.05) is 0 Å². The number of rotatable bonds is 3. The number of benzene rings is 1. The van der Waals surface area contributed by atoms with Crippen molar-refractivity contribution < 1.29 is 27.1 Å². The maximum atomic E-state index is 13.6. The van der Waals surface area contributed by atoms with Gasteiger partial charge in [-0.2, -0.15) is 4.39 Å². The molecule has 2 rings (SSSR count). The molecule has 1 aromatic heterocycles. The number of halogens is 4. The highest BCUT2D eigenvalue weighted by Crippen LogP contribution is 2.28. The van der Waals surface area contributed by atoms with Gasteiger partial charge < -0.3 is 4.74 Å². The minimum atomic E-state index is -4.80. The van der Waals surface area contributed by atoms with Crippen molar-refractivity contribution >= 4 is 6.29 Å². The predicted molar refractivity (Wildman–Crippen MR) is 61.7 cm³/mol. The largest absolute Gasteiger partial charge is 0.573 e. The highest BCUT2D eigenvalue weighted by Gasteiger charge is 2.31. The van der Waals surface area contributed by atoms with Crippen LogP contribution in [-0.2, 0) is 0 Å². The maximum Gasteiger partial charge on any atom is 0.573 e. The second kappa shape index (κ2) is 5.28. The number of alkyl halides is 3. The lowest BCUT2D eigenvalue weighted by Crippen LogP contribution is -2.16. The molecule has 0 bridgehead atoms. The topological polar surface area (TPSA) is 39.2 Å². The van der Waals surface area contributed by atoms with Crippen LogP contribution in [0.25, 0.3) is 11.1 Å². The quantitative estimate of drug-likeness (QED) is 0.491. The van der Waals surface area contributed by atoms with E-state index in [-0.39, 0.29) is 16.7 Å². The fourth-order valence-electron chi connectivity index (χ4n) is 1.66. The molecule has 0 unspecified atom stereocenters. The maximum absolute atomic E-state index is 13.6. The number of hydrogen-bond acceptors (Lipinski definition) is 3. The predicted octanol–water partition coefficient (Wildman–Crippen LogP) is 3.60. The molecule has 0 saturated carbocycles. The molecule has 104 valence electrons. The third-order valence-electron chi connectivity index (χ3n) is 2.44. The number of carbonyl (C=O) groups excluding carboxylic acids is 1. The van der Waals surface area contributed by atoms with Crippen molar-refractivity contribution in [2.45, 2.75) is 6.36 Å². The summed E-state index contributed by atoms with van der Waals surface area (Å²) in [6, 6.07) is 5.81. The average molecular weight is 285 g/mol. The first-order valence-electron chi connectivity index (χ1n) is 5.36. The molecule has 0 aliphatic heterocycles. The van der Waals surface area contributed by atoms with Crippen LogP contribution in [0.4, 0.5) is 17.6 Å². The van der Waals surface area contributed by atoms with E-state index in [2.05, 4.69) is 9.72 Å². The van der Waals surface area contributed by atoms with Gasteiger partial charge in [0.05, 0.1) is 0 Å². The van der Waals surface area contributed by atoms with Gasteiger partial charge in [-0.05, 0) is 23.8 Å². The van der Waals surface area contributed by atoms with Gasteiger partial charge in [0.25, 0.3) is 0 Å². The number of hydrogen-bond donors (Lipinski definition) is 0. The molecule has 0 amide bonds. The zero-order chi connectivity index (χ0) is 14.8. The molecule has 2 aromatic rings. The van der Waals surface area contributed by atoms with E-state index in [4.69, 9.17) is 0 Å². The van der Waals surface area contributed by atoms with Crippen LogP contribution in [0, 0.1) is 5.95 Å². The Hall–Kier alpha value is -2.44. The minimum Gasteiger partial charge on any atom is -0.406 e. The SMILES string of the molecule is O=Cc1ccnc(F)c1-c1ccc(OC(F)(F)F)cc1. The fraction of sp³-hybridized carbons (Fsp3) is 0.0769. The molecule has 0 N–H and O–H groups in total. The summed E-state index contributed by atoms with van der Waals surface area (Å²) in [5.74, 6) is -1.31. The molecule has 0 aliphatic rings. The lowest BCUT2D eigenvalue weighted by Gasteiger charge is -2.10. The molecule has 0 saturated heterocycles. The van der Waals surface area contributed by atoms with Gasteiger partial charge in [0.15, 0.2) is 6.29 Å². The molecule has 0 fully saturated rings. The van der Waals surface area contributed by atoms with E-state index >= 15 is 0 Å². The fourth-order valence-corrected chi connectivity index (χ4v) is 1.66. The highest BCUT2D eigenvalue weighted by atomic mass is 19.4. The molecular formula is C13H7F4NO2. The van der Waals surface area contributed by atoms with Gasteiger partial charge in [-0.15, -0.1) is 13.2 Å². The van der Waals surface area contributed by atoms with Crippen LogP contribution in [0.2, 0.25) is 0 Å². The number of nitrogens with zero attached hydrogens (tertiary/aromatic N) is 1. The third-order valence-corrected chi connectivity index (χ3v) is 2.44. The monoisotopic (exact) mass is 285 g/mol. The van der Waals surface area contributed by atoms with Crippen molar-refractivity contribution in [2.24, 2.45) is 0 Å². The highest BCUT2D eigenvalue weighted by molar-refractivity contribution is 5.87. The normalized spacial score (nSPS) is 11.2. The van der Waals surface area contributed by atoms with Gasteiger partial charge in [0.2, 0.25) is 5.95 Å². The molecule has 0 atom stereocenters. The summed E-state index contributed by atoms with van der Waals surface area (Å²) in [6.07, 6.45) is -3.22. The Labute approximate surface area is 110 Å². The van der Waals surface area contributed by atoms with Gasteiger partial charge >= 0.3 is 6.36 Å². The summed E-state index contributed by atoms with van der Waals surface area (Å²) in [6.45, 7) is 0. The van der Waals surface area contributed by atoms with E-state index in [1.165, 1.54) is 18.2 Å². The van der Waals surface area contributed by atoms with Crippen LogP contribution in [-0.4, -0.2) is 17.6 Å². The molecule has 0 radical (unpaired) electrons. The Bertz CT molecular complexity index is 623. The smallest absolute Gasteiger partial charge is 0.406 e. The lowest BCUT2D eigenvalue weighted by atomic mass is 10.0. The van der Waals surface area contributed by atoms with Crippen LogP contribution in [0.1, 0.15) is 10.4 Å². The van der Waals surface area contributed by atoms with Gasteiger partial charge in [-0.25, -0.2) is 4.98 Å². The van der Waals surface area contributed by atoms with Crippen molar-refractivity contribution in [1.82, 2.24) is 4.98 Å². The number of carbonyl (C=O) groups is 1. The van der Waals surface area contributed by atoms with Crippen LogP contribution in [0.3, 0.4) is 0 Å². The summed E-state index contributed by atoms with van der Waals surface area (Å²) >= 11 is 0. The van der Waals surface area contributed by atoms with Gasteiger partial charge in [-0.3, -0.25) is 4.79 Å². The lowest BCUT2D eigenvalue weighted by molar-refractivity contribution is -0.274. The summed E-state index contributed by atoms with van der Waals surface area (Å²) in [5.41, 5.74) is 0.218. The standard InChI is InChI=1S/C13H7F4NO2/c14-12-11(9(7-19)5-6-18-12)8-1-3-10(4-2-8)20-13(15,16)17/h1-7H. The Morgan fingerprint density at radius 3 is 2.30 bits per heavy atom. The van der Waals surface area contributed by atoms with Gasteiger partial charge in [0.1, 0.15) is 5.75 Å². The Morgan fingerprint density at radius 1 is 1.10 bits per heavy atom. The molecule has 1 aromatic carbocycles. The van der Waals surface area contributed by atoms with E-state index in [0.29, 0.717) is 6.29 Å². The Morgan fingerprint density at radius 2 is 1.75 bits per heavy atom. The van der Waals surface area contributed by atoms with Crippen molar-refractivity contribution in [3.63, 3.8) is 0 Å². The zero-order valence-electron chi connectivity index (χ0n) is 9.82. The van der Waals surface area contributed by atoms with Crippen LogP contribution >= 0.6 is 0 Å². The Balaban J connectivity index is 2.38. The Kier molecular flexibility index (Phi) is 3.69. The van der Waals surface area contributed by atoms with Gasteiger partial charge in [-0.1, -0.05) is 12.1 Å². The first-order valence-corrected chi connectivity index (χ1v) is 5.36. The summed E-state index contributed by atoms with van der Waals surface area (Å²) < 4.78 is 53.3. The van der Waals surface area contributed by atoms with Crippen molar-refractivity contribution in [3.8, 4) is 16.9 Å². The van der Waals surface area contributed by atoms with Crippen LogP contribution in [0.5, 0.6) is 5.75 Å². The van der Waals surface area contributed by atoms with E-state index in [1.54, 1.807) is 0 Å².